The van der Waals surface area contributed by atoms with Gasteiger partial charge < -0.3 is 9.47 Å². The number of nitrogens with zero attached hydrogens (tertiary/aromatic N) is 3. The quantitative estimate of drug-likeness (QED) is 0.817. The molecule has 0 fully saturated rings. The Balaban J connectivity index is 2.15. The van der Waals surface area contributed by atoms with E-state index in [-0.39, 0.29) is 28.9 Å². The molecule has 0 N–H and O–H groups in total. The van der Waals surface area contributed by atoms with E-state index < -0.39 is 15.9 Å². The maximum atomic E-state index is 12.7. The highest BCUT2D eigenvalue weighted by atomic mass is 32.2. The monoisotopic (exact) mass is 335 g/mol. The van der Waals surface area contributed by atoms with E-state index in [0.29, 0.717) is 9.87 Å². The zero-order chi connectivity index (χ0) is 16.6. The molecule has 8 nitrogen and oxygen atoms in total. The Morgan fingerprint density at radius 1 is 1.17 bits per heavy atom. The van der Waals surface area contributed by atoms with Crippen molar-refractivity contribution in [2.45, 2.75) is 11.3 Å². The number of fused-ring (bicyclic) bond motifs is 1. The highest BCUT2D eigenvalue weighted by Gasteiger charge is 2.39. The Labute approximate surface area is 132 Å². The van der Waals surface area contributed by atoms with Crippen molar-refractivity contribution in [2.75, 3.05) is 18.5 Å². The number of ether oxygens (including phenoxy) is 2. The van der Waals surface area contributed by atoms with Gasteiger partial charge in [0, 0.05) is 0 Å². The molecule has 2 aromatic rings. The van der Waals surface area contributed by atoms with Gasteiger partial charge in [-0.2, -0.15) is 9.29 Å². The van der Waals surface area contributed by atoms with Crippen LogP contribution in [0, 0.1) is 0 Å². The number of sulfonamides is 1. The minimum Gasteiger partial charge on any atom is -0.490 e. The van der Waals surface area contributed by atoms with E-state index in [2.05, 4.69) is 9.97 Å². The van der Waals surface area contributed by atoms with Crippen molar-refractivity contribution in [2.24, 2.45) is 0 Å². The molecule has 23 heavy (non-hydrogen) atoms. The van der Waals surface area contributed by atoms with E-state index in [0.717, 1.165) is 0 Å². The fourth-order valence-electron chi connectivity index (χ4n) is 2.32. The van der Waals surface area contributed by atoms with E-state index in [1.54, 1.807) is 18.2 Å². The number of benzene rings is 1. The van der Waals surface area contributed by atoms with Crippen LogP contribution in [-0.2, 0) is 21.2 Å². The Morgan fingerprint density at radius 2 is 1.91 bits per heavy atom. The smallest absolute Gasteiger partial charge is 0.273 e. The molecule has 3 rings (SSSR count). The van der Waals surface area contributed by atoms with Crippen LogP contribution in [0.2, 0.25) is 0 Å². The van der Waals surface area contributed by atoms with Crippen molar-refractivity contribution in [1.82, 2.24) is 9.97 Å². The largest absolute Gasteiger partial charge is 0.490 e. The summed E-state index contributed by atoms with van der Waals surface area (Å²) >= 11 is 0. The summed E-state index contributed by atoms with van der Waals surface area (Å²) in [6, 6.07) is 6.34. The molecule has 0 spiro atoms. The van der Waals surface area contributed by atoms with E-state index >= 15 is 0 Å². The van der Waals surface area contributed by atoms with Crippen LogP contribution >= 0.6 is 0 Å². The molecule has 0 aliphatic carbocycles. The summed E-state index contributed by atoms with van der Waals surface area (Å²) in [5.74, 6) is -0.629. The van der Waals surface area contributed by atoms with E-state index in [1.807, 2.05) is 0 Å². The van der Waals surface area contributed by atoms with Crippen molar-refractivity contribution in [1.29, 1.82) is 0 Å². The van der Waals surface area contributed by atoms with Gasteiger partial charge in [-0.25, -0.2) is 13.4 Å². The number of hydrogen-bond donors (Lipinski definition) is 0. The first kappa shape index (κ1) is 15.2. The Kier molecular flexibility index (Phi) is 3.64. The molecule has 1 aromatic carbocycles. The minimum absolute atomic E-state index is 0.0411. The van der Waals surface area contributed by atoms with Gasteiger partial charge in [0.2, 0.25) is 11.9 Å². The van der Waals surface area contributed by atoms with Crippen LogP contribution in [-0.4, -0.2) is 38.5 Å². The average molecular weight is 335 g/mol. The molecule has 0 atom stereocenters. The zero-order valence-electron chi connectivity index (χ0n) is 12.4. The number of methoxy groups -OCH3 is 2. The Hall–Kier alpha value is -2.68. The molecule has 0 bridgehead atoms. The number of amides is 1. The van der Waals surface area contributed by atoms with Crippen LogP contribution in [0.4, 0.5) is 5.95 Å². The Bertz CT molecular complexity index is 882. The van der Waals surface area contributed by atoms with Crippen LogP contribution in [0.1, 0.15) is 5.56 Å². The second kappa shape index (κ2) is 5.51. The molecule has 1 aromatic heterocycles. The van der Waals surface area contributed by atoms with Crippen LogP contribution in [0.25, 0.3) is 0 Å². The highest BCUT2D eigenvalue weighted by molar-refractivity contribution is 7.93. The number of carbonyl (C=O) groups excluding carboxylic acids is 1. The fourth-order valence-corrected chi connectivity index (χ4v) is 3.87. The van der Waals surface area contributed by atoms with Gasteiger partial charge in [-0.15, -0.1) is 0 Å². The van der Waals surface area contributed by atoms with Gasteiger partial charge in [0.1, 0.15) is 0 Å². The summed E-state index contributed by atoms with van der Waals surface area (Å²) in [6.07, 6.45) is 1.21. The molecule has 2 heterocycles. The molecule has 0 unspecified atom stereocenters. The van der Waals surface area contributed by atoms with Gasteiger partial charge in [0.25, 0.3) is 15.9 Å². The molecule has 9 heteroatoms. The molecule has 1 aliphatic rings. The van der Waals surface area contributed by atoms with Crippen molar-refractivity contribution < 1.29 is 22.7 Å². The maximum Gasteiger partial charge on any atom is 0.273 e. The van der Waals surface area contributed by atoms with Crippen molar-refractivity contribution in [3.05, 3.63) is 36.0 Å². The SMILES string of the molecule is COc1cnc(N2C(=O)Cc3ccccc3S2(=O)=O)nc1OC. The molecule has 0 saturated heterocycles. The summed E-state index contributed by atoms with van der Waals surface area (Å²) in [4.78, 5) is 20.3. The van der Waals surface area contributed by atoms with Crippen LogP contribution < -0.4 is 13.8 Å². The Morgan fingerprint density at radius 3 is 2.61 bits per heavy atom. The summed E-state index contributed by atoms with van der Waals surface area (Å²) in [6.45, 7) is 0. The number of hydrogen-bond acceptors (Lipinski definition) is 7. The van der Waals surface area contributed by atoms with Crippen LogP contribution in [0.5, 0.6) is 11.6 Å². The van der Waals surface area contributed by atoms with E-state index in [9.17, 15) is 13.2 Å². The van der Waals surface area contributed by atoms with Gasteiger partial charge in [-0.3, -0.25) is 4.79 Å². The van der Waals surface area contributed by atoms with Gasteiger partial charge >= 0.3 is 0 Å². The third-order valence-corrected chi connectivity index (χ3v) is 5.17. The standard InChI is InChI=1S/C14H13N3O5S/c1-21-10-8-15-14(16-13(10)22-2)17-12(18)7-9-5-3-4-6-11(9)23(17,19)20/h3-6,8H,7H2,1-2H3. The van der Waals surface area contributed by atoms with Crippen LogP contribution in [0.3, 0.4) is 0 Å². The lowest BCUT2D eigenvalue weighted by Gasteiger charge is -2.26. The molecule has 120 valence electrons. The summed E-state index contributed by atoms with van der Waals surface area (Å²) < 4.78 is 36.1. The normalized spacial score (nSPS) is 15.9. The zero-order valence-corrected chi connectivity index (χ0v) is 13.2. The van der Waals surface area contributed by atoms with Gasteiger partial charge in [0.15, 0.2) is 5.75 Å². The lowest BCUT2D eigenvalue weighted by molar-refractivity contribution is -0.117. The molecule has 0 radical (unpaired) electrons. The number of anilines is 1. The van der Waals surface area contributed by atoms with Crippen molar-refractivity contribution in [3.63, 3.8) is 0 Å². The lowest BCUT2D eigenvalue weighted by Crippen LogP contribution is -2.43. The van der Waals surface area contributed by atoms with Crippen LogP contribution in [0.15, 0.2) is 35.4 Å². The third kappa shape index (κ3) is 2.38. The lowest BCUT2D eigenvalue weighted by atomic mass is 10.1. The predicted octanol–water partition coefficient (Wildman–Crippen LogP) is 0.772. The summed E-state index contributed by atoms with van der Waals surface area (Å²) in [5, 5.41) is 0. The van der Waals surface area contributed by atoms with E-state index in [1.165, 1.54) is 26.5 Å². The fraction of sp³-hybridized carbons (Fsp3) is 0.214. The van der Waals surface area contributed by atoms with Gasteiger partial charge in [0.05, 0.1) is 31.7 Å². The molecule has 1 aliphatic heterocycles. The predicted molar refractivity (Wildman–Crippen MR) is 80.0 cm³/mol. The number of rotatable bonds is 3. The summed E-state index contributed by atoms with van der Waals surface area (Å²) in [7, 11) is -1.31. The minimum atomic E-state index is -4.07. The number of aromatic nitrogens is 2. The van der Waals surface area contributed by atoms with Gasteiger partial charge in [-0.05, 0) is 11.6 Å². The molecule has 1 amide bonds. The molecule has 0 saturated carbocycles. The second-order valence-corrected chi connectivity index (χ2v) is 6.45. The first-order chi connectivity index (χ1) is 11.0. The van der Waals surface area contributed by atoms with Crippen molar-refractivity contribution in [3.8, 4) is 11.6 Å². The third-order valence-electron chi connectivity index (χ3n) is 3.36. The average Bonchev–Trinajstić information content (AvgIpc) is 2.54. The second-order valence-electron chi connectivity index (χ2n) is 4.70. The maximum absolute atomic E-state index is 12.7. The van der Waals surface area contributed by atoms with Crippen molar-refractivity contribution >= 4 is 21.9 Å². The molecular weight excluding hydrogens is 322 g/mol. The first-order valence-corrected chi connectivity index (χ1v) is 8.04. The molecular formula is C14H13N3O5S. The first-order valence-electron chi connectivity index (χ1n) is 6.60. The number of carbonyl (C=O) groups is 1. The van der Waals surface area contributed by atoms with E-state index in [4.69, 9.17) is 9.47 Å². The topological polar surface area (TPSA) is 98.7 Å². The van der Waals surface area contributed by atoms with Gasteiger partial charge in [-0.1, -0.05) is 18.2 Å². The summed E-state index contributed by atoms with van der Waals surface area (Å²) in [5.41, 5.74) is 0.453. The highest BCUT2D eigenvalue weighted by Crippen LogP contribution is 2.32.